The number of rotatable bonds is 6. The van der Waals surface area contributed by atoms with Crippen LogP contribution in [-0.4, -0.2) is 46.6 Å². The van der Waals surface area contributed by atoms with E-state index in [2.05, 4.69) is 40.0 Å². The SMILES string of the molecule is CNc1snnc1CN(C)C(C)CSC. The van der Waals surface area contributed by atoms with Crippen LogP contribution in [-0.2, 0) is 6.54 Å². The molecular formula is C9H18N4S2. The zero-order valence-corrected chi connectivity index (χ0v) is 11.3. The quantitative estimate of drug-likeness (QED) is 0.828. The first-order valence-corrected chi connectivity index (χ1v) is 7.04. The summed E-state index contributed by atoms with van der Waals surface area (Å²) < 4.78 is 3.95. The van der Waals surface area contributed by atoms with Crippen LogP contribution in [0.4, 0.5) is 5.00 Å². The van der Waals surface area contributed by atoms with Gasteiger partial charge in [0, 0.05) is 36.9 Å². The van der Waals surface area contributed by atoms with Crippen LogP contribution >= 0.6 is 23.3 Å². The fourth-order valence-electron chi connectivity index (χ4n) is 1.26. The minimum Gasteiger partial charge on any atom is -0.377 e. The summed E-state index contributed by atoms with van der Waals surface area (Å²) in [5.41, 5.74) is 1.04. The third-order valence-corrected chi connectivity index (χ3v) is 3.94. The van der Waals surface area contributed by atoms with Gasteiger partial charge in [-0.25, -0.2) is 0 Å². The number of anilines is 1. The van der Waals surface area contributed by atoms with E-state index in [4.69, 9.17) is 0 Å². The second-order valence-corrected chi connectivity index (χ2v) is 5.18. The molecule has 86 valence electrons. The first-order valence-electron chi connectivity index (χ1n) is 4.87. The largest absolute Gasteiger partial charge is 0.377 e. The van der Waals surface area contributed by atoms with E-state index >= 15 is 0 Å². The Hall–Kier alpha value is -0.330. The molecule has 1 aromatic rings. The van der Waals surface area contributed by atoms with Crippen LogP contribution in [0.3, 0.4) is 0 Å². The molecule has 0 amide bonds. The standard InChI is InChI=1S/C9H18N4S2/c1-7(6-14-4)13(3)5-8-9(10-2)15-12-11-8/h7,10H,5-6H2,1-4H3. The molecule has 1 atom stereocenters. The summed E-state index contributed by atoms with van der Waals surface area (Å²) in [5, 5.41) is 8.31. The van der Waals surface area contributed by atoms with Crippen LogP contribution in [0.1, 0.15) is 12.6 Å². The van der Waals surface area contributed by atoms with E-state index in [0.29, 0.717) is 6.04 Å². The van der Waals surface area contributed by atoms with Crippen molar-refractivity contribution in [3.63, 3.8) is 0 Å². The number of nitrogens with zero attached hydrogens (tertiary/aromatic N) is 3. The molecule has 0 aliphatic carbocycles. The van der Waals surface area contributed by atoms with E-state index < -0.39 is 0 Å². The van der Waals surface area contributed by atoms with Gasteiger partial charge >= 0.3 is 0 Å². The molecule has 4 nitrogen and oxygen atoms in total. The molecule has 0 fully saturated rings. The summed E-state index contributed by atoms with van der Waals surface area (Å²) in [6, 6.07) is 0.561. The van der Waals surface area contributed by atoms with Crippen molar-refractivity contribution in [3.05, 3.63) is 5.69 Å². The number of hydrogen-bond acceptors (Lipinski definition) is 6. The van der Waals surface area contributed by atoms with E-state index in [-0.39, 0.29) is 0 Å². The van der Waals surface area contributed by atoms with Gasteiger partial charge in [0.15, 0.2) is 0 Å². The van der Waals surface area contributed by atoms with Crippen molar-refractivity contribution < 1.29 is 0 Å². The van der Waals surface area contributed by atoms with E-state index in [1.54, 1.807) is 0 Å². The van der Waals surface area contributed by atoms with Crippen LogP contribution in [0, 0.1) is 0 Å². The van der Waals surface area contributed by atoms with Gasteiger partial charge in [-0.2, -0.15) is 11.8 Å². The molecule has 15 heavy (non-hydrogen) atoms. The molecule has 0 radical (unpaired) electrons. The topological polar surface area (TPSA) is 41.1 Å². The fraction of sp³-hybridized carbons (Fsp3) is 0.778. The Labute approximate surface area is 99.6 Å². The van der Waals surface area contributed by atoms with Crippen molar-refractivity contribution in [1.29, 1.82) is 0 Å². The van der Waals surface area contributed by atoms with Crippen molar-refractivity contribution in [1.82, 2.24) is 14.5 Å². The van der Waals surface area contributed by atoms with E-state index in [1.807, 2.05) is 18.8 Å². The Balaban J connectivity index is 2.53. The maximum absolute atomic E-state index is 4.13. The Morgan fingerprint density at radius 2 is 2.33 bits per heavy atom. The van der Waals surface area contributed by atoms with Crippen LogP contribution in [0.25, 0.3) is 0 Å². The minimum absolute atomic E-state index is 0.561. The highest BCUT2D eigenvalue weighted by Crippen LogP contribution is 2.19. The van der Waals surface area contributed by atoms with Crippen molar-refractivity contribution in [2.75, 3.05) is 31.4 Å². The summed E-state index contributed by atoms with van der Waals surface area (Å²) in [5.74, 6) is 1.14. The van der Waals surface area contributed by atoms with Gasteiger partial charge < -0.3 is 5.32 Å². The van der Waals surface area contributed by atoms with Crippen molar-refractivity contribution in [2.45, 2.75) is 19.5 Å². The summed E-state index contributed by atoms with van der Waals surface area (Å²) in [7, 11) is 4.03. The highest BCUT2D eigenvalue weighted by Gasteiger charge is 2.13. The molecule has 1 N–H and O–H groups in total. The van der Waals surface area contributed by atoms with Crippen LogP contribution in [0.15, 0.2) is 0 Å². The fourth-order valence-corrected chi connectivity index (χ4v) is 2.52. The summed E-state index contributed by atoms with van der Waals surface area (Å²) in [4.78, 5) is 2.30. The predicted molar refractivity (Wildman–Crippen MR) is 68.8 cm³/mol. The van der Waals surface area contributed by atoms with Crippen molar-refractivity contribution in [2.24, 2.45) is 0 Å². The van der Waals surface area contributed by atoms with Gasteiger partial charge in [0.1, 0.15) is 10.7 Å². The normalized spacial score (nSPS) is 13.1. The van der Waals surface area contributed by atoms with E-state index in [0.717, 1.165) is 23.0 Å². The molecule has 0 saturated carbocycles. The molecule has 0 aromatic carbocycles. The zero-order valence-electron chi connectivity index (χ0n) is 9.65. The summed E-state index contributed by atoms with van der Waals surface area (Å²) in [6.07, 6.45) is 2.13. The summed E-state index contributed by atoms with van der Waals surface area (Å²) in [6.45, 7) is 3.09. The second kappa shape index (κ2) is 6.30. The van der Waals surface area contributed by atoms with Gasteiger partial charge in [-0.05, 0) is 20.2 Å². The molecule has 1 unspecified atom stereocenters. The van der Waals surface area contributed by atoms with Gasteiger partial charge in [-0.3, -0.25) is 4.90 Å². The Bertz CT molecular complexity index is 289. The molecule has 0 aliphatic rings. The van der Waals surface area contributed by atoms with E-state index in [9.17, 15) is 0 Å². The lowest BCUT2D eigenvalue weighted by atomic mass is 10.3. The van der Waals surface area contributed by atoms with Crippen molar-refractivity contribution >= 4 is 28.3 Å². The van der Waals surface area contributed by atoms with E-state index in [1.165, 1.54) is 11.5 Å². The van der Waals surface area contributed by atoms with Crippen molar-refractivity contribution in [3.8, 4) is 0 Å². The smallest absolute Gasteiger partial charge is 0.134 e. The highest BCUT2D eigenvalue weighted by atomic mass is 32.2. The minimum atomic E-state index is 0.561. The average molecular weight is 246 g/mol. The highest BCUT2D eigenvalue weighted by molar-refractivity contribution is 7.98. The Kier molecular flexibility index (Phi) is 5.35. The first-order chi connectivity index (χ1) is 7.19. The molecule has 1 rings (SSSR count). The van der Waals surface area contributed by atoms with Gasteiger partial charge in [-0.1, -0.05) is 4.49 Å². The Morgan fingerprint density at radius 3 is 2.93 bits per heavy atom. The predicted octanol–water partition coefficient (Wildman–Crippen LogP) is 1.76. The zero-order chi connectivity index (χ0) is 11.3. The molecule has 1 aromatic heterocycles. The lowest BCUT2D eigenvalue weighted by Crippen LogP contribution is -2.30. The molecule has 0 bridgehead atoms. The number of hydrogen-bond donors (Lipinski definition) is 1. The number of nitrogens with one attached hydrogen (secondary N) is 1. The maximum Gasteiger partial charge on any atom is 0.134 e. The van der Waals surface area contributed by atoms with Gasteiger partial charge in [0.25, 0.3) is 0 Å². The molecule has 0 saturated heterocycles. The van der Waals surface area contributed by atoms with Gasteiger partial charge in [0.05, 0.1) is 0 Å². The monoisotopic (exact) mass is 246 g/mol. The maximum atomic E-state index is 4.13. The third-order valence-electron chi connectivity index (χ3n) is 2.34. The van der Waals surface area contributed by atoms with Gasteiger partial charge in [-0.15, -0.1) is 5.10 Å². The lowest BCUT2D eigenvalue weighted by Gasteiger charge is -2.23. The second-order valence-electron chi connectivity index (χ2n) is 3.52. The van der Waals surface area contributed by atoms with Gasteiger partial charge in [0.2, 0.25) is 0 Å². The van der Waals surface area contributed by atoms with Crippen LogP contribution < -0.4 is 5.32 Å². The molecular weight excluding hydrogens is 228 g/mol. The number of thioether (sulfide) groups is 1. The molecule has 6 heteroatoms. The van der Waals surface area contributed by atoms with Crippen LogP contribution in [0.2, 0.25) is 0 Å². The molecule has 0 spiro atoms. The third kappa shape index (κ3) is 3.62. The number of aromatic nitrogens is 2. The Morgan fingerprint density at radius 1 is 1.60 bits per heavy atom. The summed E-state index contributed by atoms with van der Waals surface area (Å²) >= 11 is 3.28. The van der Waals surface area contributed by atoms with Crippen LogP contribution in [0.5, 0.6) is 0 Å². The molecule has 1 heterocycles. The lowest BCUT2D eigenvalue weighted by molar-refractivity contribution is 0.267. The average Bonchev–Trinajstić information content (AvgIpc) is 2.65. The first kappa shape index (κ1) is 12.7. The molecule has 0 aliphatic heterocycles.